The fraction of sp³-hybridized carbons (Fsp3) is 0.441. The summed E-state index contributed by atoms with van der Waals surface area (Å²) in [6.45, 7) is 5.72. The molecule has 0 radical (unpaired) electrons. The van der Waals surface area contributed by atoms with Crippen LogP contribution in [0, 0.1) is 5.92 Å². The Kier molecular flexibility index (Phi) is 12.3. The summed E-state index contributed by atoms with van der Waals surface area (Å²) < 4.78 is 0. The Bertz CT molecular complexity index is 1200. The lowest BCUT2D eigenvalue weighted by atomic mass is 9.72. The van der Waals surface area contributed by atoms with Gasteiger partial charge in [-0.25, -0.2) is 0 Å². The zero-order valence-electron chi connectivity index (χ0n) is 24.3. The lowest BCUT2D eigenvalue weighted by molar-refractivity contribution is -0.124. The Morgan fingerprint density at radius 1 is 0.881 bits per heavy atom. The first-order chi connectivity index (χ1) is 19.3. The summed E-state index contributed by atoms with van der Waals surface area (Å²) in [5.74, 6) is -0.213. The van der Waals surface area contributed by atoms with Crippen molar-refractivity contribution in [2.75, 3.05) is 26.2 Å². The van der Waals surface area contributed by atoms with Crippen molar-refractivity contribution in [2.24, 2.45) is 11.7 Å². The van der Waals surface area contributed by atoms with Crippen molar-refractivity contribution < 1.29 is 9.90 Å². The molecule has 0 aliphatic carbocycles. The molecule has 0 bridgehead atoms. The summed E-state index contributed by atoms with van der Waals surface area (Å²) in [4.78, 5) is 17.0. The third kappa shape index (κ3) is 7.68. The number of hydrogen-bond donors (Lipinski definition) is 2. The maximum absolute atomic E-state index is 11.9. The smallest absolute Gasteiger partial charge is 0.220 e. The number of hydrogen-bond acceptors (Lipinski definition) is 4. The Morgan fingerprint density at radius 2 is 1.36 bits per heavy atom. The van der Waals surface area contributed by atoms with Gasteiger partial charge in [0.1, 0.15) is 0 Å². The highest BCUT2D eigenvalue weighted by atomic mass is 35.5. The molecule has 228 valence electrons. The normalized spacial score (nSPS) is 18.8. The molecule has 3 aromatic carbocycles. The molecule has 0 spiro atoms. The van der Waals surface area contributed by atoms with Gasteiger partial charge in [-0.1, -0.05) is 91.3 Å². The van der Waals surface area contributed by atoms with Gasteiger partial charge in [-0.05, 0) is 67.3 Å². The molecule has 1 unspecified atom stereocenters. The molecular formula is C34H44Cl3N3O2. The Balaban J connectivity index is 0.00000242. The minimum absolute atomic E-state index is 0. The number of piperidine rings is 2. The number of likely N-dealkylation sites (tertiary alicyclic amines) is 2. The van der Waals surface area contributed by atoms with Crippen LogP contribution < -0.4 is 5.73 Å². The number of halogens is 3. The second-order valence-electron chi connectivity index (χ2n) is 11.9. The minimum Gasteiger partial charge on any atom is -0.385 e. The van der Waals surface area contributed by atoms with Crippen molar-refractivity contribution in [2.45, 2.75) is 62.6 Å². The topological polar surface area (TPSA) is 69.8 Å². The van der Waals surface area contributed by atoms with Gasteiger partial charge in [0, 0.05) is 42.5 Å². The van der Waals surface area contributed by atoms with E-state index >= 15 is 0 Å². The molecule has 2 aliphatic heterocycles. The fourth-order valence-corrected chi connectivity index (χ4v) is 6.93. The van der Waals surface area contributed by atoms with Crippen LogP contribution in [-0.4, -0.2) is 53.2 Å². The second kappa shape index (κ2) is 15.1. The number of carbonyl (C=O) groups excluding carboxylic acids is 1. The van der Waals surface area contributed by atoms with E-state index in [1.54, 1.807) is 0 Å². The number of aliphatic hydroxyl groups is 1. The predicted octanol–water partition coefficient (Wildman–Crippen LogP) is 6.78. The number of rotatable bonds is 9. The van der Waals surface area contributed by atoms with Crippen LogP contribution in [0.5, 0.6) is 0 Å². The summed E-state index contributed by atoms with van der Waals surface area (Å²) in [6, 6.07) is 29.3. The quantitative estimate of drug-likeness (QED) is 0.273. The van der Waals surface area contributed by atoms with E-state index in [-0.39, 0.29) is 48.2 Å². The van der Waals surface area contributed by atoms with Gasteiger partial charge in [0.15, 0.2) is 0 Å². The molecule has 1 atom stereocenters. The second-order valence-corrected chi connectivity index (χ2v) is 12.3. The number of nitrogens with zero attached hydrogens (tertiary/aromatic N) is 2. The molecule has 2 heterocycles. The van der Waals surface area contributed by atoms with Gasteiger partial charge in [0.25, 0.3) is 0 Å². The van der Waals surface area contributed by atoms with Gasteiger partial charge in [0.2, 0.25) is 5.91 Å². The molecule has 3 N–H and O–H groups in total. The van der Waals surface area contributed by atoms with E-state index in [1.165, 1.54) is 11.1 Å². The number of carbonyl (C=O) groups is 1. The average molecular weight is 633 g/mol. The number of benzene rings is 3. The van der Waals surface area contributed by atoms with E-state index in [9.17, 15) is 9.90 Å². The van der Waals surface area contributed by atoms with Crippen LogP contribution in [0.2, 0.25) is 5.02 Å². The molecule has 2 fully saturated rings. The summed E-state index contributed by atoms with van der Waals surface area (Å²) >= 11 is 6.11. The third-order valence-electron chi connectivity index (χ3n) is 9.51. The number of nitrogens with two attached hydrogens (primary N) is 1. The summed E-state index contributed by atoms with van der Waals surface area (Å²) in [6.07, 6.45) is 5.18. The van der Waals surface area contributed by atoms with Crippen molar-refractivity contribution >= 4 is 42.3 Å². The third-order valence-corrected chi connectivity index (χ3v) is 9.76. The molecule has 3 aromatic rings. The predicted molar refractivity (Wildman–Crippen MR) is 177 cm³/mol. The Morgan fingerprint density at radius 3 is 1.83 bits per heavy atom. The highest BCUT2D eigenvalue weighted by Gasteiger charge is 2.40. The molecule has 42 heavy (non-hydrogen) atoms. The van der Waals surface area contributed by atoms with Crippen molar-refractivity contribution in [3.63, 3.8) is 0 Å². The molecule has 2 aliphatic rings. The highest BCUT2D eigenvalue weighted by Crippen LogP contribution is 2.40. The summed E-state index contributed by atoms with van der Waals surface area (Å²) in [5, 5.41) is 12.2. The molecule has 2 saturated heterocycles. The maximum atomic E-state index is 11.9. The fourth-order valence-electron chi connectivity index (χ4n) is 6.80. The molecule has 0 aromatic heterocycles. The first-order valence-electron chi connectivity index (χ1n) is 14.7. The first kappa shape index (κ1) is 34.4. The summed E-state index contributed by atoms with van der Waals surface area (Å²) in [7, 11) is 0. The zero-order valence-corrected chi connectivity index (χ0v) is 26.7. The monoisotopic (exact) mass is 631 g/mol. The van der Waals surface area contributed by atoms with Gasteiger partial charge in [-0.3, -0.25) is 14.6 Å². The van der Waals surface area contributed by atoms with Crippen LogP contribution in [0.1, 0.15) is 62.1 Å². The number of primary amides is 1. The molecule has 8 heteroatoms. The van der Waals surface area contributed by atoms with E-state index in [2.05, 4.69) is 77.4 Å². The molecule has 1 amide bonds. The lowest BCUT2D eigenvalue weighted by Crippen LogP contribution is -2.56. The van der Waals surface area contributed by atoms with E-state index < -0.39 is 5.60 Å². The Hall–Kier alpha value is -2.12. The van der Waals surface area contributed by atoms with Crippen LogP contribution in [0.25, 0.3) is 0 Å². The maximum Gasteiger partial charge on any atom is 0.220 e. The van der Waals surface area contributed by atoms with Gasteiger partial charge < -0.3 is 10.8 Å². The largest absolute Gasteiger partial charge is 0.385 e. The van der Waals surface area contributed by atoms with Crippen molar-refractivity contribution in [3.05, 3.63) is 107 Å². The SMILES string of the molecule is CC(CCC(N1CCC(C(N)=O)CC1)N1CCC(O)(c2ccc(Cl)cc2)CC1)(c1ccccc1)c1ccccc1.Cl.Cl. The summed E-state index contributed by atoms with van der Waals surface area (Å²) in [5.41, 5.74) is 8.28. The molecular weight excluding hydrogens is 589 g/mol. The van der Waals surface area contributed by atoms with Crippen molar-refractivity contribution in [1.29, 1.82) is 0 Å². The van der Waals surface area contributed by atoms with Crippen LogP contribution >= 0.6 is 36.4 Å². The minimum atomic E-state index is -0.840. The first-order valence-corrected chi connectivity index (χ1v) is 15.0. The van der Waals surface area contributed by atoms with E-state index in [0.717, 1.165) is 57.4 Å². The van der Waals surface area contributed by atoms with Crippen LogP contribution in [0.4, 0.5) is 0 Å². The lowest BCUT2D eigenvalue weighted by Gasteiger charge is -2.48. The Labute approximate surface area is 268 Å². The molecule has 0 saturated carbocycles. The van der Waals surface area contributed by atoms with Gasteiger partial charge in [-0.15, -0.1) is 24.8 Å². The van der Waals surface area contributed by atoms with Crippen LogP contribution in [-0.2, 0) is 15.8 Å². The average Bonchev–Trinajstić information content (AvgIpc) is 2.99. The standard InChI is InChI=1S/C34H42ClN3O2.2ClH/c1-33(27-8-4-2-5-9-27,28-10-6-3-7-11-28)19-16-31(37-22-17-26(18-23-37)32(36)39)38-24-20-34(40,21-25-38)29-12-14-30(35)15-13-29;;/h2-15,26,31,40H,16-25H2,1H3,(H2,36,39);2*1H. The van der Waals surface area contributed by atoms with Gasteiger partial charge in [0.05, 0.1) is 11.8 Å². The van der Waals surface area contributed by atoms with Crippen LogP contribution in [0.3, 0.4) is 0 Å². The van der Waals surface area contributed by atoms with Crippen molar-refractivity contribution in [3.8, 4) is 0 Å². The van der Waals surface area contributed by atoms with Gasteiger partial charge in [-0.2, -0.15) is 0 Å². The van der Waals surface area contributed by atoms with Gasteiger partial charge >= 0.3 is 0 Å². The molecule has 5 rings (SSSR count). The van der Waals surface area contributed by atoms with Crippen molar-refractivity contribution in [1.82, 2.24) is 9.80 Å². The van der Waals surface area contributed by atoms with E-state index in [0.29, 0.717) is 17.9 Å². The zero-order chi connectivity index (χ0) is 28.2. The van der Waals surface area contributed by atoms with E-state index in [4.69, 9.17) is 17.3 Å². The molecule has 5 nitrogen and oxygen atoms in total. The van der Waals surface area contributed by atoms with E-state index in [1.807, 2.05) is 24.3 Å². The highest BCUT2D eigenvalue weighted by molar-refractivity contribution is 6.30. The number of amides is 1. The van der Waals surface area contributed by atoms with Crippen LogP contribution in [0.15, 0.2) is 84.9 Å².